The van der Waals surface area contributed by atoms with Crippen LogP contribution in [0.4, 0.5) is 0 Å². The minimum Gasteiger partial charge on any atom is -0.339 e. The first kappa shape index (κ1) is 13.5. The van der Waals surface area contributed by atoms with E-state index in [9.17, 15) is 0 Å². The van der Waals surface area contributed by atoms with Gasteiger partial charge < -0.3 is 14.7 Å². The van der Waals surface area contributed by atoms with Crippen molar-refractivity contribution in [3.8, 4) is 0 Å². The molecule has 0 spiro atoms. The van der Waals surface area contributed by atoms with Gasteiger partial charge in [0.2, 0.25) is 5.89 Å². The molecule has 0 bridgehead atoms. The summed E-state index contributed by atoms with van der Waals surface area (Å²) in [4.78, 5) is 6.75. The van der Waals surface area contributed by atoms with E-state index in [4.69, 9.17) is 4.52 Å². The Morgan fingerprint density at radius 2 is 2.06 bits per heavy atom. The minimum absolute atomic E-state index is 0.106. The zero-order valence-corrected chi connectivity index (χ0v) is 11.7. The molecule has 0 saturated carbocycles. The number of piperidine rings is 1. The summed E-state index contributed by atoms with van der Waals surface area (Å²) in [5.74, 6) is 1.69. The van der Waals surface area contributed by atoms with E-state index >= 15 is 0 Å². The van der Waals surface area contributed by atoms with Crippen LogP contribution >= 0.6 is 0 Å². The van der Waals surface area contributed by atoms with E-state index in [0.29, 0.717) is 0 Å². The van der Waals surface area contributed by atoms with Gasteiger partial charge in [-0.25, -0.2) is 0 Å². The average molecular weight is 252 g/mol. The van der Waals surface area contributed by atoms with Gasteiger partial charge in [-0.1, -0.05) is 12.1 Å². The first-order valence-electron chi connectivity index (χ1n) is 6.85. The molecule has 0 aromatic carbocycles. The Kier molecular flexibility index (Phi) is 4.35. The van der Waals surface area contributed by atoms with Crippen LogP contribution in [0.2, 0.25) is 0 Å². The van der Waals surface area contributed by atoms with Crippen molar-refractivity contribution in [2.45, 2.75) is 38.0 Å². The van der Waals surface area contributed by atoms with Gasteiger partial charge in [-0.2, -0.15) is 4.98 Å². The van der Waals surface area contributed by atoms with E-state index < -0.39 is 0 Å². The van der Waals surface area contributed by atoms with E-state index in [1.165, 1.54) is 0 Å². The molecule has 2 rings (SSSR count). The van der Waals surface area contributed by atoms with Crippen molar-refractivity contribution in [1.82, 2.24) is 20.4 Å². The minimum atomic E-state index is 0.106. The largest absolute Gasteiger partial charge is 0.339 e. The fraction of sp³-hybridized carbons (Fsp3) is 0.846. The van der Waals surface area contributed by atoms with Crippen LogP contribution in [-0.2, 0) is 11.8 Å². The molecule has 5 nitrogen and oxygen atoms in total. The fourth-order valence-electron chi connectivity index (χ4n) is 2.52. The molecule has 0 unspecified atom stereocenters. The van der Waals surface area contributed by atoms with Crippen LogP contribution in [0.5, 0.6) is 0 Å². The molecule has 0 aliphatic carbocycles. The molecular formula is C13H24N4O. The van der Waals surface area contributed by atoms with E-state index in [1.807, 2.05) is 0 Å². The van der Waals surface area contributed by atoms with Gasteiger partial charge in [0.15, 0.2) is 5.82 Å². The number of rotatable bonds is 5. The highest BCUT2D eigenvalue weighted by molar-refractivity contribution is 5.07. The standard InChI is InChI=1S/C13H24N4O/c1-4-13(6-8-14-9-7-13)12-15-11(16-18-12)5-10-17(2)3/h14H,4-10H2,1-3H3. The highest BCUT2D eigenvalue weighted by atomic mass is 16.5. The molecule has 1 aliphatic heterocycles. The monoisotopic (exact) mass is 252 g/mol. The van der Waals surface area contributed by atoms with Crippen LogP contribution in [-0.4, -0.2) is 48.8 Å². The van der Waals surface area contributed by atoms with E-state index in [2.05, 4.69) is 41.4 Å². The molecule has 1 N–H and O–H groups in total. The van der Waals surface area contributed by atoms with Crippen molar-refractivity contribution in [3.63, 3.8) is 0 Å². The van der Waals surface area contributed by atoms with Crippen molar-refractivity contribution in [3.05, 3.63) is 11.7 Å². The van der Waals surface area contributed by atoms with E-state index in [0.717, 1.165) is 57.0 Å². The van der Waals surface area contributed by atoms with Crippen molar-refractivity contribution in [1.29, 1.82) is 0 Å². The normalized spacial score (nSPS) is 19.3. The van der Waals surface area contributed by atoms with Gasteiger partial charge in [-0.15, -0.1) is 0 Å². The summed E-state index contributed by atoms with van der Waals surface area (Å²) < 4.78 is 5.52. The Labute approximate surface area is 109 Å². The topological polar surface area (TPSA) is 54.2 Å². The molecule has 1 aromatic rings. The lowest BCUT2D eigenvalue weighted by Gasteiger charge is -2.33. The van der Waals surface area contributed by atoms with Crippen molar-refractivity contribution in [2.24, 2.45) is 0 Å². The summed E-state index contributed by atoms with van der Waals surface area (Å²) in [6.45, 7) is 5.27. The van der Waals surface area contributed by atoms with Crippen LogP contribution in [0.1, 0.15) is 37.9 Å². The summed E-state index contributed by atoms with van der Waals surface area (Å²) >= 11 is 0. The molecule has 1 aromatic heterocycles. The van der Waals surface area contributed by atoms with Crippen LogP contribution in [0, 0.1) is 0 Å². The Hall–Kier alpha value is -0.940. The number of hydrogen-bond acceptors (Lipinski definition) is 5. The summed E-state index contributed by atoms with van der Waals surface area (Å²) in [6, 6.07) is 0. The molecule has 1 aliphatic rings. The highest BCUT2D eigenvalue weighted by Gasteiger charge is 2.37. The van der Waals surface area contributed by atoms with Crippen LogP contribution in [0.3, 0.4) is 0 Å². The summed E-state index contributed by atoms with van der Waals surface area (Å²) in [5.41, 5.74) is 0.106. The first-order chi connectivity index (χ1) is 8.66. The van der Waals surface area contributed by atoms with Gasteiger partial charge in [0, 0.05) is 13.0 Å². The fourth-order valence-corrected chi connectivity index (χ4v) is 2.52. The third kappa shape index (κ3) is 2.90. The molecule has 0 atom stereocenters. The van der Waals surface area contributed by atoms with Crippen LogP contribution in [0.25, 0.3) is 0 Å². The van der Waals surface area contributed by atoms with E-state index in [-0.39, 0.29) is 5.41 Å². The van der Waals surface area contributed by atoms with Gasteiger partial charge >= 0.3 is 0 Å². The number of nitrogens with zero attached hydrogens (tertiary/aromatic N) is 3. The van der Waals surface area contributed by atoms with Crippen molar-refractivity contribution >= 4 is 0 Å². The van der Waals surface area contributed by atoms with E-state index in [1.54, 1.807) is 0 Å². The quantitative estimate of drug-likeness (QED) is 0.853. The molecule has 0 amide bonds. The second-order valence-electron chi connectivity index (χ2n) is 5.45. The van der Waals surface area contributed by atoms with Gasteiger partial charge in [0.1, 0.15) is 0 Å². The Morgan fingerprint density at radius 3 is 2.67 bits per heavy atom. The third-order valence-electron chi connectivity index (χ3n) is 3.94. The van der Waals surface area contributed by atoms with Crippen LogP contribution < -0.4 is 5.32 Å². The molecule has 1 fully saturated rings. The average Bonchev–Trinajstić information content (AvgIpc) is 2.86. The molecule has 0 radical (unpaired) electrons. The molecule has 1 saturated heterocycles. The highest BCUT2D eigenvalue weighted by Crippen LogP contribution is 2.35. The predicted molar refractivity (Wildman–Crippen MR) is 70.6 cm³/mol. The maximum Gasteiger partial charge on any atom is 0.232 e. The van der Waals surface area contributed by atoms with Crippen LogP contribution in [0.15, 0.2) is 4.52 Å². The lowest BCUT2D eigenvalue weighted by atomic mass is 9.76. The lowest BCUT2D eigenvalue weighted by molar-refractivity contribution is 0.216. The van der Waals surface area contributed by atoms with Gasteiger partial charge in [-0.3, -0.25) is 0 Å². The third-order valence-corrected chi connectivity index (χ3v) is 3.94. The zero-order valence-electron chi connectivity index (χ0n) is 11.7. The molecule has 18 heavy (non-hydrogen) atoms. The van der Waals surface area contributed by atoms with Crippen molar-refractivity contribution < 1.29 is 4.52 Å². The first-order valence-corrected chi connectivity index (χ1v) is 6.85. The Bertz CT molecular complexity index is 369. The summed E-state index contributed by atoms with van der Waals surface area (Å²) in [7, 11) is 4.11. The van der Waals surface area contributed by atoms with Crippen molar-refractivity contribution in [2.75, 3.05) is 33.7 Å². The smallest absolute Gasteiger partial charge is 0.232 e. The Balaban J connectivity index is 2.07. The number of hydrogen-bond donors (Lipinski definition) is 1. The lowest BCUT2D eigenvalue weighted by Crippen LogP contribution is -2.39. The maximum absolute atomic E-state index is 5.52. The molecule has 102 valence electrons. The summed E-state index contributed by atoms with van der Waals surface area (Å²) in [6.07, 6.45) is 4.12. The molecule has 5 heteroatoms. The number of aromatic nitrogens is 2. The van der Waals surface area contributed by atoms with Gasteiger partial charge in [0.05, 0.1) is 5.41 Å². The van der Waals surface area contributed by atoms with Gasteiger partial charge in [0.25, 0.3) is 0 Å². The number of likely N-dealkylation sites (N-methyl/N-ethyl adjacent to an activating group) is 1. The SMILES string of the molecule is CCC1(c2nc(CCN(C)C)no2)CCNCC1. The predicted octanol–water partition coefficient (Wildman–Crippen LogP) is 1.20. The number of nitrogens with one attached hydrogen (secondary N) is 1. The van der Waals surface area contributed by atoms with Gasteiger partial charge in [-0.05, 0) is 46.4 Å². The zero-order chi connectivity index (χ0) is 13.0. The second-order valence-corrected chi connectivity index (χ2v) is 5.45. The molecule has 2 heterocycles. The maximum atomic E-state index is 5.52. The Morgan fingerprint density at radius 1 is 1.33 bits per heavy atom. The molecular weight excluding hydrogens is 228 g/mol. The second kappa shape index (κ2) is 5.80. The summed E-state index contributed by atoms with van der Waals surface area (Å²) in [5, 5.41) is 7.52.